The van der Waals surface area contributed by atoms with Crippen LogP contribution in [0.2, 0.25) is 0 Å². The molecule has 1 heterocycles. The van der Waals surface area contributed by atoms with Crippen LogP contribution in [0.4, 0.5) is 0 Å². The molecule has 0 unspecified atom stereocenters. The predicted molar refractivity (Wildman–Crippen MR) is 36.5 cm³/mol. The van der Waals surface area contributed by atoms with Crippen LogP contribution >= 0.6 is 0 Å². The molecule has 1 rings (SSSR count). The second-order valence-electron chi connectivity index (χ2n) is 2.02. The van der Waals surface area contributed by atoms with Crippen LogP contribution in [-0.4, -0.2) is 18.2 Å². The molecule has 0 aromatic carbocycles. The quantitative estimate of drug-likeness (QED) is 0.574. The van der Waals surface area contributed by atoms with E-state index in [1.165, 1.54) is 10.7 Å². The van der Waals surface area contributed by atoms with E-state index in [1.807, 2.05) is 0 Å². The minimum Gasteiger partial charge on any atom is -0.257 e. The van der Waals surface area contributed by atoms with Gasteiger partial charge < -0.3 is 0 Å². The van der Waals surface area contributed by atoms with E-state index < -0.39 is 10.7 Å². The Balaban J connectivity index is 3.28. The maximum absolute atomic E-state index is 10.4. The molecule has 0 spiro atoms. The van der Waals surface area contributed by atoms with Crippen molar-refractivity contribution in [1.82, 2.24) is 9.78 Å². The largest absolute Gasteiger partial charge is 0.257 e. The molecule has 5 heteroatoms. The lowest BCUT2D eigenvalue weighted by atomic mass is 10.5. The highest BCUT2D eigenvalue weighted by Crippen LogP contribution is 2.01. The third-order valence-corrected chi connectivity index (χ3v) is 1.96. The molecule has 0 saturated heterocycles. The molecule has 0 aliphatic carbocycles. The maximum Gasteiger partial charge on any atom is 0.185 e. The molecule has 1 aromatic heterocycles. The first-order valence-corrected chi connectivity index (χ1v) is 3.94. The molecule has 0 fully saturated rings. The topological polar surface area (TPSA) is 52.0 Å². The van der Waals surface area contributed by atoms with Gasteiger partial charge >= 0.3 is 0 Å². The van der Waals surface area contributed by atoms with Crippen molar-refractivity contribution in [3.05, 3.63) is 11.8 Å². The summed E-state index contributed by atoms with van der Waals surface area (Å²) >= 11 is 0. The van der Waals surface area contributed by atoms with Gasteiger partial charge in [0.25, 0.3) is 0 Å². The number of hydrogen-bond donors (Lipinski definition) is 1. The Labute approximate surface area is 60.4 Å². The van der Waals surface area contributed by atoms with Gasteiger partial charge in [0.15, 0.2) is 10.7 Å². The van der Waals surface area contributed by atoms with Crippen LogP contribution in [0.15, 0.2) is 11.1 Å². The summed E-state index contributed by atoms with van der Waals surface area (Å²) in [6, 6.07) is 1.53. The Morgan fingerprint density at radius 2 is 2.20 bits per heavy atom. The highest BCUT2D eigenvalue weighted by molar-refractivity contribution is 7.72. The van der Waals surface area contributed by atoms with Crippen molar-refractivity contribution in [3.8, 4) is 0 Å². The van der Waals surface area contributed by atoms with Crippen molar-refractivity contribution in [2.75, 3.05) is 0 Å². The summed E-state index contributed by atoms with van der Waals surface area (Å²) in [7, 11) is -0.890. The normalized spacial score (nSPS) is 10.7. The second-order valence-corrected chi connectivity index (χ2v) is 3.00. The molecule has 0 amide bonds. The summed E-state index contributed by atoms with van der Waals surface area (Å²) in [5.74, 6) is 0. The minimum atomic E-state index is -2.50. The minimum absolute atomic E-state index is 0.257. The fourth-order valence-corrected chi connectivity index (χ4v) is 1.34. The Bertz CT molecular complexity index is 305. The second kappa shape index (κ2) is 2.42. The van der Waals surface area contributed by atoms with Crippen molar-refractivity contribution in [1.29, 1.82) is 0 Å². The van der Waals surface area contributed by atoms with Crippen molar-refractivity contribution in [2.24, 2.45) is 7.05 Å². The van der Waals surface area contributed by atoms with Gasteiger partial charge in [-0.3, -0.25) is 4.68 Å². The summed E-state index contributed by atoms with van der Waals surface area (Å²) in [5.41, 5.74) is 0.719. The zero-order chi connectivity index (χ0) is 7.72. The van der Waals surface area contributed by atoms with Gasteiger partial charge in [-0.2, -0.15) is 5.10 Å². The summed E-state index contributed by atoms with van der Waals surface area (Å²) in [5, 5.41) is 4.12. The van der Waals surface area contributed by atoms with Gasteiger partial charge in [0.2, 0.25) is 0 Å². The van der Waals surface area contributed by atoms with Crippen molar-refractivity contribution < 1.29 is 8.42 Å². The number of aryl methyl sites for hydroxylation is 2. The van der Waals surface area contributed by atoms with E-state index in [0.29, 0.717) is 0 Å². The molecule has 4 nitrogen and oxygen atoms in total. The van der Waals surface area contributed by atoms with Crippen molar-refractivity contribution in [3.63, 3.8) is 0 Å². The van der Waals surface area contributed by atoms with Crippen LogP contribution < -0.4 is 0 Å². The van der Waals surface area contributed by atoms with Crippen LogP contribution in [0.3, 0.4) is 0 Å². The van der Waals surface area contributed by atoms with E-state index in [4.69, 9.17) is 0 Å². The average molecular weight is 160 g/mol. The molecule has 1 aromatic rings. The maximum atomic E-state index is 10.4. The smallest absolute Gasteiger partial charge is 0.185 e. The van der Waals surface area contributed by atoms with Crippen LogP contribution in [0.25, 0.3) is 0 Å². The van der Waals surface area contributed by atoms with Crippen LogP contribution in [0.1, 0.15) is 5.69 Å². The zero-order valence-electron chi connectivity index (χ0n) is 5.74. The van der Waals surface area contributed by atoms with E-state index in [0.717, 1.165) is 5.69 Å². The predicted octanol–water partition coefficient (Wildman–Crippen LogP) is -0.301. The average Bonchev–Trinajstić information content (AvgIpc) is 2.10. The number of rotatable bonds is 1. The summed E-state index contributed by atoms with van der Waals surface area (Å²) < 4.78 is 22.2. The molecule has 0 N–H and O–H groups in total. The van der Waals surface area contributed by atoms with Gasteiger partial charge in [-0.1, -0.05) is 0 Å². The Morgan fingerprint density at radius 3 is 2.40 bits per heavy atom. The fraction of sp³-hybridized carbons (Fsp3) is 0.400. The van der Waals surface area contributed by atoms with E-state index >= 15 is 0 Å². The van der Waals surface area contributed by atoms with Gasteiger partial charge in [0.05, 0.1) is 5.69 Å². The van der Waals surface area contributed by atoms with Gasteiger partial charge in [-0.05, 0) is 13.0 Å². The van der Waals surface area contributed by atoms with Gasteiger partial charge in [-0.25, -0.2) is 8.42 Å². The molecule has 0 aliphatic rings. The fourth-order valence-electron chi connectivity index (χ4n) is 0.768. The van der Waals surface area contributed by atoms with Crippen LogP contribution in [0.5, 0.6) is 0 Å². The monoisotopic (exact) mass is 160 g/mol. The Kier molecular flexibility index (Phi) is 1.76. The molecular formula is C5H8N2O2S. The molecule has 0 bridgehead atoms. The first-order chi connectivity index (χ1) is 4.61. The van der Waals surface area contributed by atoms with Gasteiger partial charge in [-0.15, -0.1) is 0 Å². The van der Waals surface area contributed by atoms with E-state index in [-0.39, 0.29) is 5.03 Å². The van der Waals surface area contributed by atoms with Crippen LogP contribution in [0, 0.1) is 6.92 Å². The molecule has 0 aliphatic heterocycles. The van der Waals surface area contributed by atoms with Gasteiger partial charge in [0, 0.05) is 7.05 Å². The Morgan fingerprint density at radius 1 is 1.60 bits per heavy atom. The molecular weight excluding hydrogens is 152 g/mol. The number of hydrogen-bond acceptors (Lipinski definition) is 3. The van der Waals surface area contributed by atoms with E-state index in [1.54, 1.807) is 14.0 Å². The zero-order valence-corrected chi connectivity index (χ0v) is 6.63. The lowest BCUT2D eigenvalue weighted by Crippen LogP contribution is -1.95. The first kappa shape index (κ1) is 7.27. The third kappa shape index (κ3) is 1.18. The summed E-state index contributed by atoms with van der Waals surface area (Å²) in [6.07, 6.45) is 0. The molecule has 56 valence electrons. The van der Waals surface area contributed by atoms with Gasteiger partial charge in [0.1, 0.15) is 5.03 Å². The van der Waals surface area contributed by atoms with Crippen LogP contribution in [-0.2, 0) is 17.8 Å². The summed E-state index contributed by atoms with van der Waals surface area (Å²) in [4.78, 5) is 0. The first-order valence-electron chi connectivity index (χ1n) is 2.76. The third-order valence-electron chi connectivity index (χ3n) is 1.16. The lowest BCUT2D eigenvalue weighted by molar-refractivity contribution is 0.595. The molecule has 0 atom stereocenters. The van der Waals surface area contributed by atoms with Crippen molar-refractivity contribution >= 4 is 10.7 Å². The van der Waals surface area contributed by atoms with Crippen molar-refractivity contribution in [2.45, 2.75) is 11.9 Å². The van der Waals surface area contributed by atoms with E-state index in [9.17, 15) is 8.42 Å². The molecule has 0 radical (unpaired) electrons. The lowest BCUT2D eigenvalue weighted by Gasteiger charge is -1.87. The number of nitrogens with zero attached hydrogens (tertiary/aromatic N) is 2. The SMILES string of the molecule is Cc1cc([SH](=O)=O)n(C)n1. The van der Waals surface area contributed by atoms with E-state index in [2.05, 4.69) is 5.10 Å². The molecule has 10 heavy (non-hydrogen) atoms. The standard InChI is InChI=1S/C5H8N2O2S/c1-4-3-5(10(8)9)7(2)6-4/h3,10H,1-2H3. The highest BCUT2D eigenvalue weighted by atomic mass is 32.2. The highest BCUT2D eigenvalue weighted by Gasteiger charge is 2.01. The summed E-state index contributed by atoms with van der Waals surface area (Å²) in [6.45, 7) is 1.75. The Hall–Kier alpha value is -0.840. The molecule has 0 saturated carbocycles. The number of aromatic nitrogens is 2. The number of thiol groups is 1.